The van der Waals surface area contributed by atoms with Crippen LogP contribution in [0.25, 0.3) is 0 Å². The predicted octanol–water partition coefficient (Wildman–Crippen LogP) is 3.73. The van der Waals surface area contributed by atoms with E-state index in [9.17, 15) is 9.59 Å². The lowest BCUT2D eigenvalue weighted by molar-refractivity contribution is -0.137. The molecule has 2 aromatic carbocycles. The first-order chi connectivity index (χ1) is 11.9. The molecule has 5 nitrogen and oxygen atoms in total. The third-order valence-corrected chi connectivity index (χ3v) is 3.80. The smallest absolute Gasteiger partial charge is 0.303 e. The van der Waals surface area contributed by atoms with Crippen LogP contribution >= 0.6 is 0 Å². The van der Waals surface area contributed by atoms with Gasteiger partial charge in [-0.05, 0) is 55.2 Å². The fraction of sp³-hybridized carbons (Fsp3) is 0.300. The number of carboxylic acid groups (broad SMARTS) is 1. The maximum absolute atomic E-state index is 12.0. The van der Waals surface area contributed by atoms with Crippen LogP contribution in [-0.2, 0) is 16.0 Å². The second-order valence-corrected chi connectivity index (χ2v) is 6.01. The van der Waals surface area contributed by atoms with Gasteiger partial charge in [-0.2, -0.15) is 0 Å². The minimum atomic E-state index is -0.818. The second-order valence-electron chi connectivity index (χ2n) is 6.01. The molecule has 0 saturated carbocycles. The normalized spacial score (nSPS) is 10.3. The summed E-state index contributed by atoms with van der Waals surface area (Å²) in [5, 5.41) is 11.5. The maximum Gasteiger partial charge on any atom is 0.303 e. The number of anilines is 1. The molecule has 0 heterocycles. The Morgan fingerprint density at radius 2 is 1.76 bits per heavy atom. The summed E-state index contributed by atoms with van der Waals surface area (Å²) >= 11 is 0. The number of nitrogens with one attached hydrogen (secondary N) is 1. The Morgan fingerprint density at radius 3 is 2.44 bits per heavy atom. The average Bonchev–Trinajstić information content (AvgIpc) is 2.57. The topological polar surface area (TPSA) is 75.6 Å². The highest BCUT2D eigenvalue weighted by Gasteiger charge is 2.05. The van der Waals surface area contributed by atoms with Gasteiger partial charge < -0.3 is 15.2 Å². The van der Waals surface area contributed by atoms with Gasteiger partial charge in [0.15, 0.2) is 0 Å². The van der Waals surface area contributed by atoms with Crippen LogP contribution < -0.4 is 10.1 Å². The Balaban J connectivity index is 1.78. The quantitative estimate of drug-likeness (QED) is 0.767. The van der Waals surface area contributed by atoms with E-state index in [1.807, 2.05) is 44.2 Å². The van der Waals surface area contributed by atoms with Gasteiger partial charge in [0.05, 0.1) is 13.0 Å². The zero-order chi connectivity index (χ0) is 18.2. The Bertz CT molecular complexity index is 738. The predicted molar refractivity (Wildman–Crippen MR) is 97.1 cm³/mol. The second kappa shape index (κ2) is 8.87. The van der Waals surface area contributed by atoms with Crippen molar-refractivity contribution >= 4 is 17.6 Å². The largest absolute Gasteiger partial charge is 0.493 e. The minimum Gasteiger partial charge on any atom is -0.493 e. The highest BCUT2D eigenvalue weighted by Crippen LogP contribution is 2.19. The molecule has 1 amide bonds. The maximum atomic E-state index is 12.0. The third-order valence-electron chi connectivity index (χ3n) is 3.80. The lowest BCUT2D eigenvalue weighted by Gasteiger charge is -2.10. The first-order valence-corrected chi connectivity index (χ1v) is 8.24. The SMILES string of the molecule is Cc1ccc(C)c(OCCC(=O)Nc2ccc(CCC(=O)O)cc2)c1. The summed E-state index contributed by atoms with van der Waals surface area (Å²) < 4.78 is 5.68. The molecule has 0 aromatic heterocycles. The molecule has 2 rings (SSSR count). The number of hydrogen-bond donors (Lipinski definition) is 2. The lowest BCUT2D eigenvalue weighted by atomic mass is 10.1. The zero-order valence-corrected chi connectivity index (χ0v) is 14.5. The van der Waals surface area contributed by atoms with Crippen LogP contribution in [0.4, 0.5) is 5.69 Å². The van der Waals surface area contributed by atoms with E-state index in [1.54, 1.807) is 12.1 Å². The molecular formula is C20H23NO4. The molecule has 0 radical (unpaired) electrons. The van der Waals surface area contributed by atoms with Gasteiger partial charge in [-0.3, -0.25) is 9.59 Å². The van der Waals surface area contributed by atoms with Crippen molar-refractivity contribution in [3.63, 3.8) is 0 Å². The number of carbonyl (C=O) groups excluding carboxylic acids is 1. The summed E-state index contributed by atoms with van der Waals surface area (Å²) in [6, 6.07) is 13.2. The van der Waals surface area contributed by atoms with Crippen molar-refractivity contribution < 1.29 is 19.4 Å². The van der Waals surface area contributed by atoms with Crippen molar-refractivity contribution in [3.05, 3.63) is 59.2 Å². The highest BCUT2D eigenvalue weighted by molar-refractivity contribution is 5.90. The summed E-state index contributed by atoms with van der Waals surface area (Å²) in [4.78, 5) is 22.5. The molecule has 0 aliphatic carbocycles. The van der Waals surface area contributed by atoms with E-state index in [1.165, 1.54) is 0 Å². The summed E-state index contributed by atoms with van der Waals surface area (Å²) in [6.07, 6.45) is 0.836. The van der Waals surface area contributed by atoms with Gasteiger partial charge in [0.25, 0.3) is 0 Å². The number of aliphatic carboxylic acids is 1. The molecular weight excluding hydrogens is 318 g/mol. The molecule has 25 heavy (non-hydrogen) atoms. The summed E-state index contributed by atoms with van der Waals surface area (Å²) in [7, 11) is 0. The van der Waals surface area contributed by atoms with Crippen LogP contribution in [0, 0.1) is 13.8 Å². The number of carboxylic acids is 1. The van der Waals surface area contributed by atoms with Crippen molar-refractivity contribution in [1.82, 2.24) is 0 Å². The third kappa shape index (κ3) is 6.30. The van der Waals surface area contributed by atoms with E-state index in [-0.39, 0.29) is 18.7 Å². The number of aryl methyl sites for hydroxylation is 3. The van der Waals surface area contributed by atoms with E-state index in [4.69, 9.17) is 9.84 Å². The molecule has 2 N–H and O–H groups in total. The molecule has 0 atom stereocenters. The van der Waals surface area contributed by atoms with Gasteiger partial charge >= 0.3 is 5.97 Å². The number of benzene rings is 2. The Labute approximate surface area is 147 Å². The van der Waals surface area contributed by atoms with Gasteiger partial charge in [-0.15, -0.1) is 0 Å². The van der Waals surface area contributed by atoms with Crippen molar-refractivity contribution in [2.75, 3.05) is 11.9 Å². The first kappa shape index (κ1) is 18.5. The molecule has 0 fully saturated rings. The lowest BCUT2D eigenvalue weighted by Crippen LogP contribution is -2.15. The fourth-order valence-electron chi connectivity index (χ4n) is 2.35. The molecule has 132 valence electrons. The van der Waals surface area contributed by atoms with E-state index >= 15 is 0 Å². The van der Waals surface area contributed by atoms with E-state index < -0.39 is 5.97 Å². The van der Waals surface area contributed by atoms with Gasteiger partial charge in [0, 0.05) is 12.1 Å². The molecule has 0 bridgehead atoms. The van der Waals surface area contributed by atoms with Gasteiger partial charge in [0.1, 0.15) is 5.75 Å². The Morgan fingerprint density at radius 1 is 1.04 bits per heavy atom. The number of carbonyl (C=O) groups is 2. The molecule has 0 unspecified atom stereocenters. The summed E-state index contributed by atoms with van der Waals surface area (Å²) in [6.45, 7) is 4.28. The monoisotopic (exact) mass is 341 g/mol. The zero-order valence-electron chi connectivity index (χ0n) is 14.5. The Hall–Kier alpha value is -2.82. The van der Waals surface area contributed by atoms with E-state index in [2.05, 4.69) is 5.32 Å². The van der Waals surface area contributed by atoms with Crippen LogP contribution in [-0.4, -0.2) is 23.6 Å². The number of ether oxygens (including phenoxy) is 1. The molecule has 2 aromatic rings. The van der Waals surface area contributed by atoms with Crippen LogP contribution in [0.1, 0.15) is 29.5 Å². The van der Waals surface area contributed by atoms with Crippen molar-refractivity contribution in [1.29, 1.82) is 0 Å². The van der Waals surface area contributed by atoms with Gasteiger partial charge in [-0.1, -0.05) is 24.3 Å². The fourth-order valence-corrected chi connectivity index (χ4v) is 2.35. The van der Waals surface area contributed by atoms with Gasteiger partial charge in [0.2, 0.25) is 5.91 Å². The average molecular weight is 341 g/mol. The van der Waals surface area contributed by atoms with E-state index in [0.29, 0.717) is 18.7 Å². The van der Waals surface area contributed by atoms with Crippen molar-refractivity contribution in [3.8, 4) is 5.75 Å². The first-order valence-electron chi connectivity index (χ1n) is 8.24. The highest BCUT2D eigenvalue weighted by atomic mass is 16.5. The van der Waals surface area contributed by atoms with Gasteiger partial charge in [-0.25, -0.2) is 0 Å². The van der Waals surface area contributed by atoms with Crippen LogP contribution in [0.15, 0.2) is 42.5 Å². The number of hydrogen-bond acceptors (Lipinski definition) is 3. The molecule has 0 saturated heterocycles. The standard InChI is InChI=1S/C20H23NO4/c1-14-3-4-15(2)18(13-14)25-12-11-19(22)21-17-8-5-16(6-9-17)7-10-20(23)24/h3-6,8-9,13H,7,10-12H2,1-2H3,(H,21,22)(H,23,24). The van der Waals surface area contributed by atoms with Crippen molar-refractivity contribution in [2.24, 2.45) is 0 Å². The molecule has 0 aliphatic heterocycles. The molecule has 5 heteroatoms. The van der Waals surface area contributed by atoms with Crippen LogP contribution in [0.5, 0.6) is 5.75 Å². The van der Waals surface area contributed by atoms with Crippen LogP contribution in [0.2, 0.25) is 0 Å². The minimum absolute atomic E-state index is 0.0986. The number of amides is 1. The van der Waals surface area contributed by atoms with Crippen LogP contribution in [0.3, 0.4) is 0 Å². The number of rotatable bonds is 8. The summed E-state index contributed by atoms with van der Waals surface area (Å²) in [5.74, 6) is -0.139. The molecule has 0 aliphatic rings. The summed E-state index contributed by atoms with van der Waals surface area (Å²) in [5.41, 5.74) is 3.78. The van der Waals surface area contributed by atoms with E-state index in [0.717, 1.165) is 22.4 Å². The Kier molecular flexibility index (Phi) is 6.57. The van der Waals surface area contributed by atoms with Crippen molar-refractivity contribution in [2.45, 2.75) is 33.1 Å². The molecule has 0 spiro atoms.